The molecule has 0 aliphatic rings. The Kier molecular flexibility index (Phi) is 6.81. The van der Waals surface area contributed by atoms with Crippen LogP contribution in [0.3, 0.4) is 0 Å². The number of benzene rings is 1. The van der Waals surface area contributed by atoms with Gasteiger partial charge in [0.25, 0.3) is 0 Å². The first-order valence-electron chi connectivity index (χ1n) is 9.42. The molecule has 0 saturated carbocycles. The quantitative estimate of drug-likeness (QED) is 0.576. The average molecular weight is 413 g/mol. The molecular formula is C22H27N3O5. The van der Waals surface area contributed by atoms with Crippen LogP contribution >= 0.6 is 0 Å². The van der Waals surface area contributed by atoms with E-state index in [1.54, 1.807) is 84.1 Å². The molecule has 0 radical (unpaired) electrons. The molecule has 1 heterocycles. The number of aldehydes is 1. The number of rotatable bonds is 3. The fraction of sp³-hybridized carbons (Fsp3) is 0.364. The largest absolute Gasteiger partial charge is 0.443 e. The Morgan fingerprint density at radius 2 is 1.47 bits per heavy atom. The SMILES string of the molecule is CC(C)(C)OC(=O)NN(C(=O)OC(C)(C)C)c1ccc(-c2ccc(C=O)cc2)cn1. The number of ether oxygens (including phenoxy) is 2. The second kappa shape index (κ2) is 8.94. The van der Waals surface area contributed by atoms with E-state index in [1.807, 2.05) is 0 Å². The van der Waals surface area contributed by atoms with Gasteiger partial charge < -0.3 is 9.47 Å². The minimum Gasteiger partial charge on any atom is -0.443 e. The van der Waals surface area contributed by atoms with Gasteiger partial charge in [-0.3, -0.25) is 4.79 Å². The number of nitrogens with zero attached hydrogens (tertiary/aromatic N) is 2. The molecule has 0 bridgehead atoms. The number of carbonyl (C=O) groups is 3. The summed E-state index contributed by atoms with van der Waals surface area (Å²) in [5, 5.41) is 0.901. The lowest BCUT2D eigenvalue weighted by molar-refractivity contribution is 0.0424. The van der Waals surface area contributed by atoms with Crippen LogP contribution in [-0.4, -0.2) is 34.7 Å². The molecule has 0 fully saturated rings. The van der Waals surface area contributed by atoms with E-state index in [0.717, 1.165) is 22.4 Å². The smallest absolute Gasteiger partial charge is 0.435 e. The van der Waals surface area contributed by atoms with Crippen LogP contribution in [0.15, 0.2) is 42.6 Å². The van der Waals surface area contributed by atoms with Gasteiger partial charge in [-0.2, -0.15) is 5.01 Å². The van der Waals surface area contributed by atoms with Gasteiger partial charge in [0.05, 0.1) is 0 Å². The maximum Gasteiger partial charge on any atom is 0.435 e. The summed E-state index contributed by atoms with van der Waals surface area (Å²) in [6.45, 7) is 10.3. The van der Waals surface area contributed by atoms with E-state index in [4.69, 9.17) is 9.47 Å². The number of carbonyl (C=O) groups excluding carboxylic acids is 3. The molecule has 1 N–H and O–H groups in total. The third-order valence-corrected chi connectivity index (χ3v) is 3.54. The Hall–Kier alpha value is -3.42. The van der Waals surface area contributed by atoms with Crippen molar-refractivity contribution in [3.05, 3.63) is 48.2 Å². The number of amides is 2. The van der Waals surface area contributed by atoms with Crippen LogP contribution in [0.4, 0.5) is 15.4 Å². The predicted octanol–water partition coefficient (Wildman–Crippen LogP) is 4.74. The molecule has 2 rings (SSSR count). The van der Waals surface area contributed by atoms with E-state index in [9.17, 15) is 14.4 Å². The van der Waals surface area contributed by atoms with Gasteiger partial charge in [0.1, 0.15) is 17.5 Å². The number of pyridine rings is 1. The summed E-state index contributed by atoms with van der Waals surface area (Å²) in [4.78, 5) is 40.0. The summed E-state index contributed by atoms with van der Waals surface area (Å²) in [5.74, 6) is 0.156. The lowest BCUT2D eigenvalue weighted by atomic mass is 10.1. The van der Waals surface area contributed by atoms with Crippen LogP contribution < -0.4 is 10.4 Å². The molecule has 2 aromatic rings. The van der Waals surface area contributed by atoms with Crippen molar-refractivity contribution in [3.8, 4) is 11.1 Å². The summed E-state index contributed by atoms with van der Waals surface area (Å²) in [6.07, 6.45) is 0.707. The summed E-state index contributed by atoms with van der Waals surface area (Å²) in [6, 6.07) is 10.3. The Morgan fingerprint density at radius 1 is 0.900 bits per heavy atom. The molecule has 0 spiro atoms. The van der Waals surface area contributed by atoms with Crippen molar-refractivity contribution in [2.75, 3.05) is 5.01 Å². The molecule has 30 heavy (non-hydrogen) atoms. The average Bonchev–Trinajstić information content (AvgIpc) is 2.63. The second-order valence-corrected chi connectivity index (χ2v) is 8.57. The Balaban J connectivity index is 2.28. The van der Waals surface area contributed by atoms with Crippen molar-refractivity contribution >= 4 is 24.3 Å². The van der Waals surface area contributed by atoms with E-state index >= 15 is 0 Å². The molecule has 1 aromatic heterocycles. The summed E-state index contributed by atoms with van der Waals surface area (Å²) in [7, 11) is 0. The van der Waals surface area contributed by atoms with Gasteiger partial charge in [0.15, 0.2) is 5.82 Å². The van der Waals surface area contributed by atoms with Crippen LogP contribution in [0.1, 0.15) is 51.9 Å². The first-order valence-corrected chi connectivity index (χ1v) is 9.42. The molecule has 0 atom stereocenters. The zero-order valence-electron chi connectivity index (χ0n) is 18.1. The molecule has 0 aliphatic heterocycles. The monoisotopic (exact) mass is 413 g/mol. The number of hydrazine groups is 1. The minimum atomic E-state index is -0.816. The molecular weight excluding hydrogens is 386 g/mol. The van der Waals surface area contributed by atoms with Crippen LogP contribution in [-0.2, 0) is 9.47 Å². The highest BCUT2D eigenvalue weighted by atomic mass is 16.6. The van der Waals surface area contributed by atoms with E-state index < -0.39 is 23.4 Å². The third kappa shape index (κ3) is 6.88. The third-order valence-electron chi connectivity index (χ3n) is 3.54. The zero-order chi connectivity index (χ0) is 22.5. The van der Waals surface area contributed by atoms with E-state index in [-0.39, 0.29) is 5.82 Å². The highest BCUT2D eigenvalue weighted by molar-refractivity contribution is 5.90. The Labute approximate surface area is 176 Å². The number of nitrogens with one attached hydrogen (secondary N) is 1. The molecule has 0 aliphatic carbocycles. The van der Waals surface area contributed by atoms with Crippen molar-refractivity contribution in [3.63, 3.8) is 0 Å². The molecule has 0 saturated heterocycles. The van der Waals surface area contributed by atoms with E-state index in [0.29, 0.717) is 5.56 Å². The zero-order valence-corrected chi connectivity index (χ0v) is 18.1. The first-order chi connectivity index (χ1) is 13.9. The molecule has 8 heteroatoms. The highest BCUT2D eigenvalue weighted by Gasteiger charge is 2.28. The lowest BCUT2D eigenvalue weighted by Gasteiger charge is -2.28. The van der Waals surface area contributed by atoms with Gasteiger partial charge in [-0.15, -0.1) is 0 Å². The van der Waals surface area contributed by atoms with Gasteiger partial charge in [0.2, 0.25) is 0 Å². The molecule has 160 valence electrons. The van der Waals surface area contributed by atoms with E-state index in [1.165, 1.54) is 0 Å². The van der Waals surface area contributed by atoms with Gasteiger partial charge in [-0.05, 0) is 59.2 Å². The first kappa shape index (κ1) is 22.9. The van der Waals surface area contributed by atoms with Gasteiger partial charge in [0, 0.05) is 17.3 Å². The molecule has 8 nitrogen and oxygen atoms in total. The maximum atomic E-state index is 12.6. The van der Waals surface area contributed by atoms with Crippen molar-refractivity contribution in [2.24, 2.45) is 0 Å². The van der Waals surface area contributed by atoms with Gasteiger partial charge in [-0.1, -0.05) is 24.3 Å². The number of hydrogen-bond donors (Lipinski definition) is 1. The fourth-order valence-electron chi connectivity index (χ4n) is 2.34. The second-order valence-electron chi connectivity index (χ2n) is 8.57. The lowest BCUT2D eigenvalue weighted by Crippen LogP contribution is -2.50. The van der Waals surface area contributed by atoms with E-state index in [2.05, 4.69) is 10.4 Å². The summed E-state index contributed by atoms with van der Waals surface area (Å²) >= 11 is 0. The topological polar surface area (TPSA) is 97.8 Å². The molecule has 1 aromatic carbocycles. The Bertz CT molecular complexity index is 894. The van der Waals surface area contributed by atoms with Crippen LogP contribution in [0, 0.1) is 0 Å². The van der Waals surface area contributed by atoms with Crippen LogP contribution in [0.5, 0.6) is 0 Å². The van der Waals surface area contributed by atoms with Crippen LogP contribution in [0.25, 0.3) is 11.1 Å². The van der Waals surface area contributed by atoms with Crippen molar-refractivity contribution < 1.29 is 23.9 Å². The highest BCUT2D eigenvalue weighted by Crippen LogP contribution is 2.22. The van der Waals surface area contributed by atoms with Gasteiger partial charge in [-0.25, -0.2) is 20.0 Å². The van der Waals surface area contributed by atoms with Crippen LogP contribution in [0.2, 0.25) is 0 Å². The predicted molar refractivity (Wildman–Crippen MR) is 113 cm³/mol. The van der Waals surface area contributed by atoms with Gasteiger partial charge >= 0.3 is 12.2 Å². The van der Waals surface area contributed by atoms with Crippen molar-refractivity contribution in [2.45, 2.75) is 52.7 Å². The fourth-order valence-corrected chi connectivity index (χ4v) is 2.34. The number of anilines is 1. The normalized spacial score (nSPS) is 11.4. The minimum absolute atomic E-state index is 0.156. The molecule has 2 amide bonds. The maximum absolute atomic E-state index is 12.6. The Morgan fingerprint density at radius 3 is 1.93 bits per heavy atom. The molecule has 0 unspecified atom stereocenters. The van der Waals surface area contributed by atoms with Crippen molar-refractivity contribution in [1.29, 1.82) is 0 Å². The summed E-state index contributed by atoms with van der Waals surface area (Å²) in [5.41, 5.74) is 3.07. The number of aromatic nitrogens is 1. The number of hydrogen-bond acceptors (Lipinski definition) is 6. The van der Waals surface area contributed by atoms with Crippen molar-refractivity contribution in [1.82, 2.24) is 10.4 Å². The summed E-state index contributed by atoms with van der Waals surface area (Å²) < 4.78 is 10.6. The standard InChI is InChI=1S/C22H27N3O5/c1-21(2,3)29-19(27)24-25(20(28)30-22(4,5)6)18-12-11-17(13-23-18)16-9-7-15(14-26)8-10-16/h7-14H,1-6H3,(H,24,27).